The maximum Gasteiger partial charge on any atom is 0.138 e. The van der Waals surface area contributed by atoms with Crippen molar-refractivity contribution in [2.24, 2.45) is 0 Å². The second-order valence-electron chi connectivity index (χ2n) is 5.54. The third kappa shape index (κ3) is 4.47. The molecule has 1 heterocycles. The number of rotatable bonds is 5. The van der Waals surface area contributed by atoms with Crippen LogP contribution in [0.4, 0.5) is 0 Å². The van der Waals surface area contributed by atoms with E-state index in [1.165, 1.54) is 0 Å². The van der Waals surface area contributed by atoms with Crippen LogP contribution in [0.5, 0.6) is 5.75 Å². The Labute approximate surface area is 136 Å². The number of benzene rings is 1. The zero-order chi connectivity index (χ0) is 15.4. The molecule has 1 aromatic rings. The molecule has 0 spiro atoms. The minimum absolute atomic E-state index is 0.0981. The first-order chi connectivity index (χ1) is 9.99. The number of hydrogen-bond acceptors (Lipinski definition) is 4. The van der Waals surface area contributed by atoms with Gasteiger partial charge in [0.25, 0.3) is 0 Å². The van der Waals surface area contributed by atoms with Gasteiger partial charge in [-0.15, -0.1) is 0 Å². The van der Waals surface area contributed by atoms with Gasteiger partial charge in [-0.3, -0.25) is 4.90 Å². The van der Waals surface area contributed by atoms with Crippen molar-refractivity contribution >= 4 is 23.2 Å². The van der Waals surface area contributed by atoms with Crippen LogP contribution in [0, 0.1) is 0 Å². The summed E-state index contributed by atoms with van der Waals surface area (Å²) in [5, 5.41) is 14.1. The van der Waals surface area contributed by atoms with Crippen LogP contribution in [0.2, 0.25) is 10.0 Å². The lowest BCUT2D eigenvalue weighted by Crippen LogP contribution is -2.51. The minimum atomic E-state index is 0.0981. The van der Waals surface area contributed by atoms with Gasteiger partial charge in [0.1, 0.15) is 5.75 Å². The number of morpholine rings is 1. The first kappa shape index (κ1) is 16.8. The molecule has 0 aromatic heterocycles. The van der Waals surface area contributed by atoms with Gasteiger partial charge in [0.2, 0.25) is 0 Å². The number of phenols is 1. The fraction of sp³-hybridized carbons (Fsp3) is 0.600. The Morgan fingerprint density at radius 1 is 1.48 bits per heavy atom. The van der Waals surface area contributed by atoms with Gasteiger partial charge in [0.15, 0.2) is 0 Å². The summed E-state index contributed by atoms with van der Waals surface area (Å²) < 4.78 is 5.45. The Morgan fingerprint density at radius 3 is 2.95 bits per heavy atom. The van der Waals surface area contributed by atoms with Crippen LogP contribution < -0.4 is 5.32 Å². The summed E-state index contributed by atoms with van der Waals surface area (Å²) in [5.74, 6) is 0.0981. The molecule has 2 rings (SSSR count). The molecular weight excluding hydrogens is 311 g/mol. The number of ether oxygens (including phenoxy) is 1. The van der Waals surface area contributed by atoms with Gasteiger partial charge in [0.05, 0.1) is 18.2 Å². The van der Waals surface area contributed by atoms with E-state index < -0.39 is 0 Å². The third-order valence-corrected chi connectivity index (χ3v) is 4.35. The first-order valence-corrected chi connectivity index (χ1v) is 7.95. The third-order valence-electron chi connectivity index (χ3n) is 3.85. The SMILES string of the molecule is C[C@@H](CNCc1cc(Cl)cc(Cl)c1O)N1CCOC[C@@H]1C. The predicted molar refractivity (Wildman–Crippen MR) is 86.3 cm³/mol. The van der Waals surface area contributed by atoms with Gasteiger partial charge in [0, 0.05) is 42.3 Å². The molecule has 2 N–H and O–H groups in total. The van der Waals surface area contributed by atoms with Crippen molar-refractivity contribution in [3.63, 3.8) is 0 Å². The summed E-state index contributed by atoms with van der Waals surface area (Å²) in [5.41, 5.74) is 0.717. The van der Waals surface area contributed by atoms with Gasteiger partial charge in [-0.1, -0.05) is 23.2 Å². The van der Waals surface area contributed by atoms with E-state index in [4.69, 9.17) is 27.9 Å². The summed E-state index contributed by atoms with van der Waals surface area (Å²) in [6, 6.07) is 4.11. The van der Waals surface area contributed by atoms with Crippen molar-refractivity contribution in [3.05, 3.63) is 27.7 Å². The van der Waals surface area contributed by atoms with Crippen LogP contribution in [0.15, 0.2) is 12.1 Å². The lowest BCUT2D eigenvalue weighted by Gasteiger charge is -2.38. The lowest BCUT2D eigenvalue weighted by atomic mass is 10.1. The highest BCUT2D eigenvalue weighted by Crippen LogP contribution is 2.30. The van der Waals surface area contributed by atoms with Crippen LogP contribution in [0.25, 0.3) is 0 Å². The molecule has 0 bridgehead atoms. The van der Waals surface area contributed by atoms with Crippen molar-refractivity contribution < 1.29 is 9.84 Å². The van der Waals surface area contributed by atoms with Gasteiger partial charge >= 0.3 is 0 Å². The van der Waals surface area contributed by atoms with Crippen molar-refractivity contribution in [1.82, 2.24) is 10.2 Å². The van der Waals surface area contributed by atoms with E-state index >= 15 is 0 Å². The summed E-state index contributed by atoms with van der Waals surface area (Å²) >= 11 is 11.9. The van der Waals surface area contributed by atoms with E-state index in [0.29, 0.717) is 23.7 Å². The van der Waals surface area contributed by atoms with Crippen molar-refractivity contribution in [2.45, 2.75) is 32.5 Å². The van der Waals surface area contributed by atoms with Crippen LogP contribution in [0.3, 0.4) is 0 Å². The van der Waals surface area contributed by atoms with Crippen LogP contribution in [0.1, 0.15) is 19.4 Å². The van der Waals surface area contributed by atoms with Gasteiger partial charge in [-0.2, -0.15) is 0 Å². The summed E-state index contributed by atoms with van der Waals surface area (Å²) in [7, 11) is 0. The maximum atomic E-state index is 9.92. The van der Waals surface area contributed by atoms with Gasteiger partial charge in [-0.25, -0.2) is 0 Å². The molecule has 1 aliphatic rings. The first-order valence-electron chi connectivity index (χ1n) is 7.20. The second-order valence-corrected chi connectivity index (χ2v) is 6.38. The van der Waals surface area contributed by atoms with Gasteiger partial charge < -0.3 is 15.2 Å². The summed E-state index contributed by atoms with van der Waals surface area (Å²) in [6.45, 7) is 8.27. The van der Waals surface area contributed by atoms with E-state index in [1.807, 2.05) is 0 Å². The quantitative estimate of drug-likeness (QED) is 0.870. The molecule has 118 valence electrons. The number of halogens is 2. The van der Waals surface area contributed by atoms with E-state index in [2.05, 4.69) is 24.1 Å². The normalized spacial score (nSPS) is 21.4. The van der Waals surface area contributed by atoms with Gasteiger partial charge in [-0.05, 0) is 26.0 Å². The average Bonchev–Trinajstić information content (AvgIpc) is 2.44. The fourth-order valence-corrected chi connectivity index (χ4v) is 3.22. The number of phenolic OH excluding ortho intramolecular Hbond substituents is 1. The number of nitrogens with one attached hydrogen (secondary N) is 1. The van der Waals surface area contributed by atoms with E-state index in [-0.39, 0.29) is 10.8 Å². The Balaban J connectivity index is 1.86. The summed E-state index contributed by atoms with van der Waals surface area (Å²) in [6.07, 6.45) is 0. The maximum absolute atomic E-state index is 9.92. The molecule has 0 amide bonds. The Morgan fingerprint density at radius 2 is 2.24 bits per heavy atom. The van der Waals surface area contributed by atoms with Crippen molar-refractivity contribution in [3.8, 4) is 5.75 Å². The van der Waals surface area contributed by atoms with Crippen LogP contribution in [-0.2, 0) is 11.3 Å². The predicted octanol–water partition coefficient (Wildman–Crippen LogP) is 2.90. The standard InChI is InChI=1S/C15H22Cl2N2O2/c1-10(19-3-4-21-9-11(19)2)7-18-8-12-5-13(16)6-14(17)15(12)20/h5-6,10-11,18,20H,3-4,7-9H2,1-2H3/t10-,11-/m0/s1. The van der Waals surface area contributed by atoms with E-state index in [0.717, 1.165) is 31.9 Å². The molecule has 1 saturated heterocycles. The zero-order valence-corrected chi connectivity index (χ0v) is 13.9. The average molecular weight is 333 g/mol. The monoisotopic (exact) mass is 332 g/mol. The zero-order valence-electron chi connectivity index (χ0n) is 12.4. The molecule has 1 aliphatic heterocycles. The highest BCUT2D eigenvalue weighted by Gasteiger charge is 2.23. The lowest BCUT2D eigenvalue weighted by molar-refractivity contribution is -0.0181. The molecule has 1 fully saturated rings. The number of nitrogens with zero attached hydrogens (tertiary/aromatic N) is 1. The smallest absolute Gasteiger partial charge is 0.138 e. The Bertz CT molecular complexity index is 485. The molecule has 1 aromatic carbocycles. The Kier molecular flexibility index (Phi) is 6.14. The molecule has 6 heteroatoms. The molecule has 0 saturated carbocycles. The van der Waals surface area contributed by atoms with Crippen molar-refractivity contribution in [2.75, 3.05) is 26.3 Å². The van der Waals surface area contributed by atoms with Crippen LogP contribution in [-0.4, -0.2) is 48.4 Å². The molecule has 4 nitrogen and oxygen atoms in total. The largest absolute Gasteiger partial charge is 0.506 e. The molecule has 0 aliphatic carbocycles. The van der Waals surface area contributed by atoms with Crippen LogP contribution >= 0.6 is 23.2 Å². The molecule has 0 unspecified atom stereocenters. The minimum Gasteiger partial charge on any atom is -0.506 e. The van der Waals surface area contributed by atoms with E-state index in [9.17, 15) is 5.11 Å². The fourth-order valence-electron chi connectivity index (χ4n) is 2.68. The number of aromatic hydroxyl groups is 1. The second kappa shape index (κ2) is 7.65. The topological polar surface area (TPSA) is 44.7 Å². The van der Waals surface area contributed by atoms with Crippen molar-refractivity contribution in [1.29, 1.82) is 0 Å². The highest BCUT2D eigenvalue weighted by molar-refractivity contribution is 6.35. The van der Waals surface area contributed by atoms with E-state index in [1.54, 1.807) is 12.1 Å². The highest BCUT2D eigenvalue weighted by atomic mass is 35.5. The number of hydrogen-bond donors (Lipinski definition) is 2. The summed E-state index contributed by atoms with van der Waals surface area (Å²) in [4.78, 5) is 2.43. The molecular formula is C15H22Cl2N2O2. The molecule has 2 atom stereocenters. The molecule has 0 radical (unpaired) electrons. The Hall–Kier alpha value is -0.520. The molecule has 21 heavy (non-hydrogen) atoms.